The summed E-state index contributed by atoms with van der Waals surface area (Å²) < 4.78 is 23.2. The van der Waals surface area contributed by atoms with E-state index in [4.69, 9.17) is 5.21 Å². The summed E-state index contributed by atoms with van der Waals surface area (Å²) in [6.07, 6.45) is 0.625. The fraction of sp³-hybridized carbons (Fsp3) is 0.462. The summed E-state index contributed by atoms with van der Waals surface area (Å²) in [5.74, 6) is 0.329. The average molecular weight is 282 g/mol. The molecule has 5 nitrogen and oxygen atoms in total. The topological polar surface area (TPSA) is 70.0 Å². The molecule has 0 saturated heterocycles. The fourth-order valence-corrected chi connectivity index (χ4v) is 3.01. The van der Waals surface area contributed by atoms with Crippen LogP contribution in [0.5, 0.6) is 0 Å². The second kappa shape index (κ2) is 5.61. The van der Waals surface area contributed by atoms with Gasteiger partial charge in [-0.15, -0.1) is 0 Å². The summed E-state index contributed by atoms with van der Waals surface area (Å²) in [5, 5.41) is 12.3. The van der Waals surface area contributed by atoms with Crippen LogP contribution in [0.15, 0.2) is 29.4 Å². The van der Waals surface area contributed by atoms with E-state index in [1.807, 2.05) is 29.2 Å². The van der Waals surface area contributed by atoms with E-state index >= 15 is 0 Å². The number of hydrogen-bond acceptors (Lipinski definition) is 5. The van der Waals surface area contributed by atoms with Crippen LogP contribution in [0.2, 0.25) is 0 Å². The lowest BCUT2D eigenvalue weighted by molar-refractivity contribution is 0.318. The Labute approximate surface area is 113 Å². The molecule has 0 bridgehead atoms. The van der Waals surface area contributed by atoms with Gasteiger partial charge in [-0.2, -0.15) is 0 Å². The summed E-state index contributed by atoms with van der Waals surface area (Å²) in [4.78, 5) is 2.04. The average Bonchev–Trinajstić information content (AvgIpc) is 2.44. The Hall–Kier alpha value is -1.56. The molecular weight excluding hydrogens is 264 g/mol. The minimum atomic E-state index is -2.96. The third kappa shape index (κ3) is 3.07. The van der Waals surface area contributed by atoms with Gasteiger partial charge in [0, 0.05) is 36.5 Å². The van der Waals surface area contributed by atoms with E-state index in [0.29, 0.717) is 25.2 Å². The van der Waals surface area contributed by atoms with E-state index in [1.165, 1.54) is 0 Å². The maximum Gasteiger partial charge on any atom is 0.151 e. The van der Waals surface area contributed by atoms with Gasteiger partial charge >= 0.3 is 0 Å². The van der Waals surface area contributed by atoms with E-state index in [1.54, 1.807) is 6.92 Å². The number of fused-ring (bicyclic) bond motifs is 1. The van der Waals surface area contributed by atoms with Crippen molar-refractivity contribution in [2.75, 3.05) is 29.5 Å². The van der Waals surface area contributed by atoms with Crippen molar-refractivity contribution in [3.05, 3.63) is 29.8 Å². The molecule has 0 fully saturated rings. The van der Waals surface area contributed by atoms with Gasteiger partial charge in [-0.3, -0.25) is 0 Å². The van der Waals surface area contributed by atoms with Gasteiger partial charge in [-0.25, -0.2) is 8.42 Å². The van der Waals surface area contributed by atoms with E-state index in [0.717, 1.165) is 11.3 Å². The SMILES string of the molecule is CCS(=O)(=O)CCN1CCC(=NO)c2ccccc21. The van der Waals surface area contributed by atoms with Crippen molar-refractivity contribution < 1.29 is 13.6 Å². The first kappa shape index (κ1) is 13.9. The molecule has 0 unspecified atom stereocenters. The molecule has 1 heterocycles. The number of oxime groups is 1. The Bertz CT molecular complexity index is 581. The maximum absolute atomic E-state index is 11.6. The smallest absolute Gasteiger partial charge is 0.151 e. The number of anilines is 1. The Kier molecular flexibility index (Phi) is 4.09. The van der Waals surface area contributed by atoms with Crippen molar-refractivity contribution in [3.63, 3.8) is 0 Å². The number of rotatable bonds is 4. The molecule has 0 radical (unpaired) electrons. The summed E-state index contributed by atoms with van der Waals surface area (Å²) in [6.45, 7) is 2.82. The number of benzene rings is 1. The number of sulfone groups is 1. The van der Waals surface area contributed by atoms with Crippen molar-refractivity contribution >= 4 is 21.2 Å². The van der Waals surface area contributed by atoms with Gasteiger partial charge in [0.25, 0.3) is 0 Å². The summed E-state index contributed by atoms with van der Waals surface area (Å²) in [6, 6.07) is 7.61. The second-order valence-corrected chi connectivity index (χ2v) is 7.01. The second-order valence-electron chi connectivity index (χ2n) is 4.54. The van der Waals surface area contributed by atoms with Gasteiger partial charge in [-0.1, -0.05) is 30.3 Å². The van der Waals surface area contributed by atoms with Gasteiger partial charge in [0.2, 0.25) is 0 Å². The first-order valence-electron chi connectivity index (χ1n) is 6.33. The van der Waals surface area contributed by atoms with Gasteiger partial charge < -0.3 is 10.1 Å². The zero-order valence-corrected chi connectivity index (χ0v) is 11.7. The van der Waals surface area contributed by atoms with Gasteiger partial charge in [0.15, 0.2) is 9.84 Å². The summed E-state index contributed by atoms with van der Waals surface area (Å²) in [5.41, 5.74) is 2.48. The van der Waals surface area contributed by atoms with E-state index in [9.17, 15) is 8.42 Å². The third-order valence-corrected chi connectivity index (χ3v) is 5.09. The fourth-order valence-electron chi connectivity index (χ4n) is 2.22. The quantitative estimate of drug-likeness (QED) is 0.671. The molecule has 19 heavy (non-hydrogen) atoms. The molecular formula is C13H18N2O3S. The Morgan fingerprint density at radius 2 is 2.11 bits per heavy atom. The molecule has 104 valence electrons. The lowest BCUT2D eigenvalue weighted by atomic mass is 10.00. The van der Waals surface area contributed by atoms with Gasteiger partial charge in [0.05, 0.1) is 11.5 Å². The molecule has 1 N–H and O–H groups in total. The minimum absolute atomic E-state index is 0.156. The van der Waals surface area contributed by atoms with Crippen LogP contribution in [0, 0.1) is 0 Å². The minimum Gasteiger partial charge on any atom is -0.411 e. The first-order valence-corrected chi connectivity index (χ1v) is 8.15. The first-order chi connectivity index (χ1) is 9.07. The lowest BCUT2D eigenvalue weighted by Gasteiger charge is -2.31. The zero-order valence-electron chi connectivity index (χ0n) is 10.9. The molecule has 1 aromatic carbocycles. The standard InChI is InChI=1S/C13H18N2O3S/c1-2-19(17,18)10-9-15-8-7-12(14-16)11-5-3-4-6-13(11)15/h3-6,16H,2,7-10H2,1H3. The van der Waals surface area contributed by atoms with Crippen LogP contribution < -0.4 is 4.90 Å². The molecule has 0 amide bonds. The van der Waals surface area contributed by atoms with Crippen LogP contribution in [-0.2, 0) is 9.84 Å². The van der Waals surface area contributed by atoms with Crippen LogP contribution in [0.1, 0.15) is 18.9 Å². The molecule has 2 rings (SSSR count). The Balaban J connectivity index is 2.21. The Morgan fingerprint density at radius 3 is 2.79 bits per heavy atom. The lowest BCUT2D eigenvalue weighted by Crippen LogP contribution is -2.36. The summed E-state index contributed by atoms with van der Waals surface area (Å²) >= 11 is 0. The molecule has 0 atom stereocenters. The van der Waals surface area contributed by atoms with E-state index in [-0.39, 0.29) is 11.5 Å². The van der Waals surface area contributed by atoms with E-state index in [2.05, 4.69) is 5.16 Å². The zero-order chi connectivity index (χ0) is 13.9. The van der Waals surface area contributed by atoms with Crippen molar-refractivity contribution in [2.45, 2.75) is 13.3 Å². The predicted molar refractivity (Wildman–Crippen MR) is 75.9 cm³/mol. The highest BCUT2D eigenvalue weighted by Crippen LogP contribution is 2.26. The summed E-state index contributed by atoms with van der Waals surface area (Å²) in [7, 11) is -2.96. The number of nitrogens with zero attached hydrogens (tertiary/aromatic N) is 2. The highest BCUT2D eigenvalue weighted by atomic mass is 32.2. The Morgan fingerprint density at radius 1 is 1.37 bits per heavy atom. The van der Waals surface area contributed by atoms with Gasteiger partial charge in [0.1, 0.15) is 0 Å². The molecule has 1 aliphatic heterocycles. The van der Waals surface area contributed by atoms with E-state index < -0.39 is 9.84 Å². The normalized spacial score (nSPS) is 17.5. The van der Waals surface area contributed by atoms with Crippen LogP contribution in [0.4, 0.5) is 5.69 Å². The van der Waals surface area contributed by atoms with Crippen molar-refractivity contribution in [2.24, 2.45) is 5.16 Å². The predicted octanol–water partition coefficient (Wildman–Crippen LogP) is 1.51. The van der Waals surface area contributed by atoms with Crippen LogP contribution >= 0.6 is 0 Å². The maximum atomic E-state index is 11.6. The molecule has 6 heteroatoms. The molecule has 1 aliphatic rings. The van der Waals surface area contributed by atoms with Gasteiger partial charge in [-0.05, 0) is 6.07 Å². The highest BCUT2D eigenvalue weighted by molar-refractivity contribution is 7.91. The van der Waals surface area contributed by atoms with Crippen molar-refractivity contribution in [1.29, 1.82) is 0 Å². The molecule has 0 spiro atoms. The highest BCUT2D eigenvalue weighted by Gasteiger charge is 2.22. The van der Waals surface area contributed by atoms with Crippen LogP contribution in [0.25, 0.3) is 0 Å². The van der Waals surface area contributed by atoms with Crippen molar-refractivity contribution in [3.8, 4) is 0 Å². The van der Waals surface area contributed by atoms with Crippen LogP contribution in [-0.4, -0.2) is 43.9 Å². The number of hydrogen-bond donors (Lipinski definition) is 1. The monoisotopic (exact) mass is 282 g/mol. The van der Waals surface area contributed by atoms with Crippen molar-refractivity contribution in [1.82, 2.24) is 0 Å². The number of para-hydroxylation sites is 1. The van der Waals surface area contributed by atoms with Crippen LogP contribution in [0.3, 0.4) is 0 Å². The third-order valence-electron chi connectivity index (χ3n) is 3.41. The molecule has 0 saturated carbocycles. The molecule has 1 aromatic rings. The largest absolute Gasteiger partial charge is 0.411 e. The molecule has 0 aromatic heterocycles. The molecule has 0 aliphatic carbocycles.